The summed E-state index contributed by atoms with van der Waals surface area (Å²) in [4.78, 5) is 199. The molecular weight excluding hydrogens is 1830 g/mol. The van der Waals surface area contributed by atoms with Gasteiger partial charge in [0.15, 0.2) is 42.3 Å². The molecule has 39 nitrogen and oxygen atoms in total. The van der Waals surface area contributed by atoms with Crippen LogP contribution < -0.4 is 0 Å². The third kappa shape index (κ3) is 36.7. The van der Waals surface area contributed by atoms with Crippen LogP contribution in [-0.2, 0) is 103 Å². The lowest BCUT2D eigenvalue weighted by atomic mass is 10.1. The molecule has 4 aliphatic heterocycles. The van der Waals surface area contributed by atoms with E-state index >= 15 is 0 Å². The van der Waals surface area contributed by atoms with Gasteiger partial charge in [-0.15, -0.1) is 0 Å². The van der Waals surface area contributed by atoms with Gasteiger partial charge in [0.25, 0.3) is 33.3 Å². The number of carbonyl (C=O) groups excluding carboxylic acids is 14. The number of aliphatic hydroxyl groups excluding tert-OH is 1. The normalized spacial score (nSPS) is 19.2. The van der Waals surface area contributed by atoms with Crippen molar-refractivity contribution in [2.75, 3.05) is 28.4 Å². The molecule has 0 aromatic carbocycles. The summed E-state index contributed by atoms with van der Waals surface area (Å²) in [6.45, 7) is 70.4. The highest BCUT2D eigenvalue weighted by molar-refractivity contribution is 6.77. The number of hydrogen-bond acceptors (Lipinski definition) is 31. The Kier molecular flexibility index (Phi) is 42.1. The van der Waals surface area contributed by atoms with E-state index in [9.17, 15) is 81.8 Å². The first-order valence-electron chi connectivity index (χ1n) is 43.7. The predicted octanol–water partition coefficient (Wildman–Crippen LogP) is 16.1. The third-order valence-electron chi connectivity index (χ3n) is 21.6. The summed E-state index contributed by atoms with van der Waals surface area (Å²) in [5.41, 5.74) is -4.64. The largest absolute Gasteiger partial charge is 0.518 e. The molecule has 6 heterocycles. The van der Waals surface area contributed by atoms with Gasteiger partial charge < -0.3 is 80.4 Å². The van der Waals surface area contributed by atoms with Crippen LogP contribution in [0.1, 0.15) is 235 Å². The highest BCUT2D eigenvalue weighted by atomic mass is 28.4. The summed E-state index contributed by atoms with van der Waals surface area (Å²) in [6.07, 6.45) is 5.60. The summed E-state index contributed by atoms with van der Waals surface area (Å²) in [5, 5.41) is 27.8. The summed E-state index contributed by atoms with van der Waals surface area (Å²) in [6, 6.07) is -3.06. The number of rotatable bonds is 14. The van der Waals surface area contributed by atoms with Gasteiger partial charge in [0, 0.05) is 18.8 Å². The number of aromatic nitrogens is 2. The Morgan fingerprint density at radius 2 is 0.533 bits per heavy atom. The zero-order chi connectivity index (χ0) is 106. The second kappa shape index (κ2) is 46.4. The number of carboxylic acid groups (broad SMARTS) is 2. The van der Waals surface area contributed by atoms with E-state index in [0.717, 1.165) is 31.4 Å². The number of hydrogen-bond donors (Lipinski definition) is 3. The second-order valence-electron chi connectivity index (χ2n) is 44.1. The fraction of sp³-hybridized carbons (Fsp3) is 0.674. The molecule has 2 aromatic heterocycles. The van der Waals surface area contributed by atoms with Crippen LogP contribution in [0.5, 0.6) is 0 Å². The lowest BCUT2D eigenvalue weighted by molar-refractivity contribution is -0.150. The van der Waals surface area contributed by atoms with Gasteiger partial charge in [0.2, 0.25) is 0 Å². The first-order valence-corrected chi connectivity index (χ1v) is 55.4. The molecule has 0 unspecified atom stereocenters. The molecule has 0 aliphatic carbocycles. The number of ether oxygens (including phenoxy) is 10. The SMILES string of the molecule is CC(C)(C)OC(=O)N1[C@@H](C(=O)O)C=C[C@H]1C(=O)O.CC(C)(C)OC(=O)N1[C@@H](C(=O)O[Si](C)(C)C(C)(C)C)C=C[C@H]1C(=O)O[Si](C)(C)C(C)(C)C.CC(C)(C)OC(=O)N1[C@@H](C(=O)O[Si](C)(C)C(C)(C)C)C[C@H](O)[C@H]1C(=O)O[Si](C)(C)C(C)(C)C.CC(C)(C)OC(=O)n1cccc1.COC(=O)[C@H]1C=C[C@@H](C(=O)OC)N1C(=O)OC(C)(C)C.COC(=O)c1ccc(C(=O)OC)n1C(=O)OC(C)(C)C. The quantitative estimate of drug-likeness (QED) is 0.0684. The first-order chi connectivity index (χ1) is 60.4. The fourth-order valence-corrected chi connectivity index (χ4v) is 14.5. The van der Waals surface area contributed by atoms with Gasteiger partial charge in [-0.05, 0) is 221 Å². The van der Waals surface area contributed by atoms with E-state index in [4.69, 9.17) is 56.3 Å². The van der Waals surface area contributed by atoms with Crippen LogP contribution in [0.4, 0.5) is 28.8 Å². The lowest BCUT2D eigenvalue weighted by Crippen LogP contribution is -2.56. The molecule has 4 aliphatic rings. The Labute approximate surface area is 799 Å². The molecule has 1 saturated heterocycles. The van der Waals surface area contributed by atoms with Crippen molar-refractivity contribution in [2.24, 2.45) is 0 Å². The van der Waals surface area contributed by atoms with Crippen LogP contribution in [0.15, 0.2) is 73.1 Å². The Morgan fingerprint density at radius 3 is 0.785 bits per heavy atom. The minimum absolute atomic E-state index is 0.109. The van der Waals surface area contributed by atoms with Crippen molar-refractivity contribution in [2.45, 2.75) is 375 Å². The predicted molar refractivity (Wildman–Crippen MR) is 508 cm³/mol. The van der Waals surface area contributed by atoms with E-state index < -0.39 is 211 Å². The third-order valence-corrected chi connectivity index (χ3v) is 38.9. The van der Waals surface area contributed by atoms with Gasteiger partial charge >= 0.3 is 96.3 Å². The molecule has 0 bridgehead atoms. The Bertz CT molecular complexity index is 4490. The zero-order valence-electron chi connectivity index (χ0n) is 87.1. The van der Waals surface area contributed by atoms with Crippen LogP contribution in [0.3, 0.4) is 0 Å². The van der Waals surface area contributed by atoms with Crippen LogP contribution in [0.25, 0.3) is 0 Å². The van der Waals surface area contributed by atoms with Crippen molar-refractivity contribution >= 4 is 130 Å². The minimum Gasteiger partial charge on any atom is -0.518 e. The monoisotopic (exact) mass is 1980 g/mol. The molecule has 1 fully saturated rings. The van der Waals surface area contributed by atoms with Crippen molar-refractivity contribution in [1.82, 2.24) is 28.7 Å². The number of carboxylic acids is 2. The fourth-order valence-electron chi connectivity index (χ4n) is 10.7. The summed E-state index contributed by atoms with van der Waals surface area (Å²) < 4.78 is 75.8. The maximum absolute atomic E-state index is 13.3. The molecule has 0 spiro atoms. The molecule has 43 heteroatoms. The molecule has 135 heavy (non-hydrogen) atoms. The first kappa shape index (κ1) is 122. The molecule has 9 atom stereocenters. The van der Waals surface area contributed by atoms with Crippen molar-refractivity contribution in [3.8, 4) is 0 Å². The number of likely N-dealkylation sites (tertiary alicyclic amines) is 1. The van der Waals surface area contributed by atoms with Gasteiger partial charge in [-0.3, -0.25) is 43.3 Å². The summed E-state index contributed by atoms with van der Waals surface area (Å²) in [7, 11) is -5.15. The zero-order valence-corrected chi connectivity index (χ0v) is 91.1. The van der Waals surface area contributed by atoms with Gasteiger partial charge in [0.05, 0.1) is 34.5 Å². The smallest absolute Gasteiger partial charge is 0.419 e. The van der Waals surface area contributed by atoms with Gasteiger partial charge in [-0.1, -0.05) is 120 Å². The Hall–Kier alpha value is -10.7. The number of methoxy groups -OCH3 is 4. The molecule has 0 saturated carbocycles. The second-order valence-corrected chi connectivity index (χ2v) is 63.0. The molecule has 764 valence electrons. The van der Waals surface area contributed by atoms with Crippen molar-refractivity contribution in [3.63, 3.8) is 0 Å². The van der Waals surface area contributed by atoms with Crippen LogP contribution in [0, 0.1) is 0 Å². The molecule has 3 N–H and O–H groups in total. The number of nitrogens with zero attached hydrogens (tertiary/aromatic N) is 6. The van der Waals surface area contributed by atoms with E-state index in [1.807, 2.05) is 156 Å². The van der Waals surface area contributed by atoms with Crippen LogP contribution in [0.2, 0.25) is 72.5 Å². The van der Waals surface area contributed by atoms with Crippen molar-refractivity contribution < 1.29 is 157 Å². The molecule has 4 amide bonds. The van der Waals surface area contributed by atoms with E-state index in [-0.39, 0.29) is 44.1 Å². The highest BCUT2D eigenvalue weighted by Crippen LogP contribution is 2.43. The summed E-state index contributed by atoms with van der Waals surface area (Å²) in [5.74, 6) is -7.89. The Balaban J connectivity index is 0.000000833. The maximum Gasteiger partial charge on any atom is 0.419 e. The maximum atomic E-state index is 13.3. The van der Waals surface area contributed by atoms with Gasteiger partial charge in [0.1, 0.15) is 51.0 Å². The number of carbonyl (C=O) groups is 16. The van der Waals surface area contributed by atoms with E-state index in [1.165, 1.54) is 69.4 Å². The average molecular weight is 1980 g/mol. The van der Waals surface area contributed by atoms with Gasteiger partial charge in [-0.25, -0.2) is 62.1 Å². The molecule has 0 radical (unpaired) electrons. The Morgan fingerprint density at radius 1 is 0.304 bits per heavy atom. The number of amides is 4. The van der Waals surface area contributed by atoms with E-state index in [2.05, 4.69) is 18.9 Å². The van der Waals surface area contributed by atoms with Crippen molar-refractivity contribution in [1.29, 1.82) is 0 Å². The molecule has 6 rings (SSSR count). The highest BCUT2D eigenvalue weighted by Gasteiger charge is 2.57. The lowest BCUT2D eigenvalue weighted by Gasteiger charge is -2.39. The number of aliphatic carboxylic acids is 2. The van der Waals surface area contributed by atoms with Gasteiger partial charge in [-0.2, -0.15) is 0 Å². The minimum atomic E-state index is -2.54. The summed E-state index contributed by atoms with van der Waals surface area (Å²) >= 11 is 0. The average Bonchev–Trinajstić information content (AvgIpc) is 2.00. The number of esters is 4. The van der Waals surface area contributed by atoms with Crippen molar-refractivity contribution in [3.05, 3.63) is 84.5 Å². The topological polar surface area (TPSA) is 486 Å². The number of aliphatic hydroxyl groups is 1. The van der Waals surface area contributed by atoms with Crippen LogP contribution >= 0.6 is 0 Å². The standard InChI is InChI=1S/C23H45NO7Si2.C23H43NO6Si2.C13H19NO6.C13H17NO6.C11H15NO6.C9H13NO2/c1-21(2,3)29-20(28)24-15(18(26)30-32(10,11)22(4,5)6)14-16(25)17(24)19(27)31-33(12,13)23(7,8)9;1-21(2,3)28-20(27)24-16(18(25)29-31(10,11)22(4,5)6)14-15-17(24)19(26)30-32(12,13)23(7,8)9;2*1-13(2,3)20-12(17)14-8(10(15)18-4)6-7-9(14)11(16)19-5;1-11(2,3)18-10(17)12-6(8(13)14)4-5-7(12)9(15)16;1-9(2,3)12-8(11)10-6-4-5-7-10/h15-17,25H,14H2,1-13H3;14-17H,1-13H3;6-9H,1-5H3;6-7H,1-5H3;4-7H,1-3H3,(H,13,14)(H,15,16);4-7H,1-3H3/t15-,16+,17+;16-,17+;8-,9+;;6-,7+;/m1...../s1. The molecular formula is C92H152N6O33Si4. The molecule has 2 aromatic rings. The van der Waals surface area contributed by atoms with Crippen LogP contribution in [-0.4, -0.2) is 290 Å². The van der Waals surface area contributed by atoms with E-state index in [0.29, 0.717) is 4.90 Å². The van der Waals surface area contributed by atoms with E-state index in [1.54, 1.807) is 128 Å².